The van der Waals surface area contributed by atoms with E-state index in [-0.39, 0.29) is 30.9 Å². The van der Waals surface area contributed by atoms with Crippen LogP contribution in [0.15, 0.2) is 48.2 Å². The average Bonchev–Trinajstić information content (AvgIpc) is 3.31. The van der Waals surface area contributed by atoms with E-state index in [1.54, 1.807) is 42.5 Å². The lowest BCUT2D eigenvalue weighted by atomic mass is 10.0. The Balaban J connectivity index is 1.48. The van der Waals surface area contributed by atoms with Crippen LogP contribution in [-0.4, -0.2) is 53.2 Å². The van der Waals surface area contributed by atoms with Crippen molar-refractivity contribution in [3.63, 3.8) is 0 Å². The zero-order chi connectivity index (χ0) is 25.3. The van der Waals surface area contributed by atoms with Gasteiger partial charge in [-0.25, -0.2) is 9.18 Å². The number of ether oxygens (including phenoxy) is 1. The fourth-order valence-electron chi connectivity index (χ4n) is 3.95. The molecular weight excluding hydrogens is 471 g/mol. The normalized spacial score (nSPS) is 18.9. The number of amides is 3. The van der Waals surface area contributed by atoms with E-state index in [2.05, 4.69) is 10.6 Å². The first-order chi connectivity index (χ1) is 16.6. The van der Waals surface area contributed by atoms with E-state index in [1.807, 2.05) is 13.8 Å². The van der Waals surface area contributed by atoms with E-state index in [9.17, 15) is 18.8 Å². The van der Waals surface area contributed by atoms with Gasteiger partial charge in [0, 0.05) is 18.5 Å². The first-order valence-corrected chi connectivity index (χ1v) is 11.5. The number of carbonyl (C=O) groups is 3. The lowest BCUT2D eigenvalue weighted by Gasteiger charge is -2.17. The lowest BCUT2D eigenvalue weighted by Crippen LogP contribution is -2.36. The van der Waals surface area contributed by atoms with Crippen molar-refractivity contribution in [1.82, 2.24) is 15.5 Å². The van der Waals surface area contributed by atoms with E-state index < -0.39 is 18.0 Å². The third-order valence-electron chi connectivity index (χ3n) is 5.68. The quantitative estimate of drug-likeness (QED) is 0.471. The Bertz CT molecular complexity index is 1230. The standard InChI is InChI=1S/C25H25FN4O4S/c1-14(2)30-23(32)22(28-24(30)35)10-16-4-6-17(7-5-16)20-9-8-18(11-21(20)26)29-13-19(34-25(29)33)12-27-15(3)31/h4-11,14,19H,12-13H2,1-3H3,(H,27,31)(H,28,35)/b22-10-/t19-/m0/s1. The maximum Gasteiger partial charge on any atom is 0.414 e. The molecule has 2 aromatic rings. The fraction of sp³-hybridized carbons (Fsp3) is 0.280. The van der Waals surface area contributed by atoms with Crippen molar-refractivity contribution in [3.05, 3.63) is 59.5 Å². The van der Waals surface area contributed by atoms with Crippen LogP contribution in [0.4, 0.5) is 14.9 Å². The Kier molecular flexibility index (Phi) is 6.83. The lowest BCUT2D eigenvalue weighted by molar-refractivity contribution is -0.123. The monoisotopic (exact) mass is 496 g/mol. The zero-order valence-electron chi connectivity index (χ0n) is 19.5. The van der Waals surface area contributed by atoms with Crippen LogP contribution in [0.2, 0.25) is 0 Å². The molecule has 10 heteroatoms. The highest BCUT2D eigenvalue weighted by atomic mass is 32.1. The van der Waals surface area contributed by atoms with Gasteiger partial charge in [0.15, 0.2) is 5.11 Å². The molecule has 2 aromatic carbocycles. The summed E-state index contributed by atoms with van der Waals surface area (Å²) in [7, 11) is 0. The summed E-state index contributed by atoms with van der Waals surface area (Å²) in [6.07, 6.45) is 0.617. The highest BCUT2D eigenvalue weighted by Gasteiger charge is 2.33. The average molecular weight is 497 g/mol. The summed E-state index contributed by atoms with van der Waals surface area (Å²) in [5, 5.41) is 5.92. The Morgan fingerprint density at radius 1 is 1.26 bits per heavy atom. The number of benzene rings is 2. The summed E-state index contributed by atoms with van der Waals surface area (Å²) >= 11 is 5.24. The molecule has 0 spiro atoms. The first kappa shape index (κ1) is 24.3. The van der Waals surface area contributed by atoms with Crippen LogP contribution in [0, 0.1) is 5.82 Å². The number of carbonyl (C=O) groups excluding carboxylic acids is 3. The zero-order valence-corrected chi connectivity index (χ0v) is 20.3. The van der Waals surface area contributed by atoms with Crippen LogP contribution >= 0.6 is 12.2 Å². The number of nitrogens with one attached hydrogen (secondary N) is 2. The van der Waals surface area contributed by atoms with Gasteiger partial charge in [0.1, 0.15) is 17.6 Å². The van der Waals surface area contributed by atoms with Crippen LogP contribution < -0.4 is 15.5 Å². The molecule has 8 nitrogen and oxygen atoms in total. The van der Waals surface area contributed by atoms with Gasteiger partial charge in [-0.3, -0.25) is 19.4 Å². The number of cyclic esters (lactones) is 1. The number of thiocarbonyl (C=S) groups is 1. The number of anilines is 1. The molecule has 2 saturated heterocycles. The molecule has 0 bridgehead atoms. The minimum atomic E-state index is -0.588. The second-order valence-corrected chi connectivity index (χ2v) is 8.98. The molecule has 3 amide bonds. The Morgan fingerprint density at radius 2 is 1.97 bits per heavy atom. The van der Waals surface area contributed by atoms with Gasteiger partial charge in [-0.15, -0.1) is 0 Å². The molecule has 2 fully saturated rings. The third-order valence-corrected chi connectivity index (χ3v) is 5.97. The van der Waals surface area contributed by atoms with Crippen molar-refractivity contribution in [2.24, 2.45) is 0 Å². The van der Waals surface area contributed by atoms with E-state index >= 15 is 0 Å². The molecule has 0 saturated carbocycles. The van der Waals surface area contributed by atoms with Crippen molar-refractivity contribution in [1.29, 1.82) is 0 Å². The van der Waals surface area contributed by atoms with Gasteiger partial charge < -0.3 is 15.4 Å². The van der Waals surface area contributed by atoms with Crippen LogP contribution in [0.1, 0.15) is 26.3 Å². The van der Waals surface area contributed by atoms with E-state index in [1.165, 1.54) is 22.8 Å². The van der Waals surface area contributed by atoms with Gasteiger partial charge in [-0.2, -0.15) is 0 Å². The highest BCUT2D eigenvalue weighted by Crippen LogP contribution is 2.29. The number of rotatable bonds is 6. The molecule has 2 aliphatic rings. The molecule has 2 N–H and O–H groups in total. The maximum absolute atomic E-state index is 15.0. The summed E-state index contributed by atoms with van der Waals surface area (Å²) in [5.74, 6) is -0.892. The minimum Gasteiger partial charge on any atom is -0.442 e. The smallest absolute Gasteiger partial charge is 0.414 e. The molecule has 0 unspecified atom stereocenters. The first-order valence-electron chi connectivity index (χ1n) is 11.1. The molecular formula is C25H25FN4O4S. The highest BCUT2D eigenvalue weighted by molar-refractivity contribution is 7.80. The molecule has 2 aliphatic heterocycles. The van der Waals surface area contributed by atoms with Gasteiger partial charge in [0.2, 0.25) is 5.91 Å². The molecule has 1 atom stereocenters. The van der Waals surface area contributed by atoms with E-state index in [0.717, 1.165) is 5.56 Å². The van der Waals surface area contributed by atoms with Crippen molar-refractivity contribution in [2.45, 2.75) is 32.9 Å². The minimum absolute atomic E-state index is 0.0489. The van der Waals surface area contributed by atoms with Crippen molar-refractivity contribution in [2.75, 3.05) is 18.0 Å². The van der Waals surface area contributed by atoms with Crippen molar-refractivity contribution >= 4 is 47.0 Å². The molecule has 0 aliphatic carbocycles. The van der Waals surface area contributed by atoms with Crippen molar-refractivity contribution < 1.29 is 23.5 Å². The Morgan fingerprint density at radius 3 is 2.57 bits per heavy atom. The molecule has 35 heavy (non-hydrogen) atoms. The van der Waals surface area contributed by atoms with Gasteiger partial charge in [0.05, 0.1) is 18.8 Å². The molecule has 182 valence electrons. The van der Waals surface area contributed by atoms with Gasteiger partial charge in [-0.1, -0.05) is 24.3 Å². The maximum atomic E-state index is 15.0. The number of hydrogen-bond acceptors (Lipinski definition) is 5. The summed E-state index contributed by atoms with van der Waals surface area (Å²) in [6.45, 7) is 5.57. The van der Waals surface area contributed by atoms with Crippen molar-refractivity contribution in [3.8, 4) is 11.1 Å². The second-order valence-electron chi connectivity index (χ2n) is 8.60. The summed E-state index contributed by atoms with van der Waals surface area (Å²) in [4.78, 5) is 38.7. The number of nitrogens with zero attached hydrogens (tertiary/aromatic N) is 2. The fourth-order valence-corrected chi connectivity index (χ4v) is 4.35. The van der Waals surface area contributed by atoms with Gasteiger partial charge in [0.25, 0.3) is 5.91 Å². The summed E-state index contributed by atoms with van der Waals surface area (Å²) < 4.78 is 20.2. The molecule has 2 heterocycles. The van der Waals surface area contributed by atoms with E-state index in [0.29, 0.717) is 27.6 Å². The van der Waals surface area contributed by atoms with E-state index in [4.69, 9.17) is 17.0 Å². The predicted octanol–water partition coefficient (Wildman–Crippen LogP) is 3.42. The second kappa shape index (κ2) is 9.83. The predicted molar refractivity (Wildman–Crippen MR) is 134 cm³/mol. The van der Waals surface area contributed by atoms with Crippen LogP contribution in [0.25, 0.3) is 17.2 Å². The summed E-state index contributed by atoms with van der Waals surface area (Å²) in [6, 6.07) is 11.6. The van der Waals surface area contributed by atoms with Crippen LogP contribution in [0.5, 0.6) is 0 Å². The summed E-state index contributed by atoms with van der Waals surface area (Å²) in [5.41, 5.74) is 2.55. The van der Waals surface area contributed by atoms with Crippen LogP contribution in [-0.2, 0) is 14.3 Å². The largest absolute Gasteiger partial charge is 0.442 e. The molecule has 0 radical (unpaired) electrons. The van der Waals surface area contributed by atoms with Gasteiger partial charge in [-0.05, 0) is 61.5 Å². The molecule has 4 rings (SSSR count). The Hall–Kier alpha value is -3.79. The topological polar surface area (TPSA) is 91.0 Å². The Labute approximate surface area is 207 Å². The van der Waals surface area contributed by atoms with Crippen LogP contribution in [0.3, 0.4) is 0 Å². The molecule has 0 aromatic heterocycles. The van der Waals surface area contributed by atoms with Gasteiger partial charge >= 0.3 is 6.09 Å². The number of hydrogen-bond donors (Lipinski definition) is 2. The third kappa shape index (κ3) is 5.17. The number of halogens is 1. The SMILES string of the molecule is CC(=O)NC[C@H]1CN(c2ccc(-c3ccc(/C=C4\NC(=S)N(C(C)C)C4=O)cc3)c(F)c2)C(=O)O1.